The molecule has 8 heteroatoms. The molecule has 0 radical (unpaired) electrons. The van der Waals surface area contributed by atoms with Gasteiger partial charge in [-0.2, -0.15) is 0 Å². The molecule has 0 saturated carbocycles. The Morgan fingerprint density at radius 1 is 1.08 bits per heavy atom. The third kappa shape index (κ3) is 6.02. The Labute approximate surface area is 153 Å². The zero-order valence-electron chi connectivity index (χ0n) is 15.8. The number of carbonyl (C=O) groups is 2. The van der Waals surface area contributed by atoms with Gasteiger partial charge < -0.3 is 14.4 Å². The number of nitrogens with zero attached hydrogens (tertiary/aromatic N) is 4. The quantitative estimate of drug-likeness (QED) is 0.605. The van der Waals surface area contributed by atoms with E-state index in [2.05, 4.69) is 10.3 Å². The van der Waals surface area contributed by atoms with Crippen molar-refractivity contribution in [1.29, 1.82) is 0 Å². The van der Waals surface area contributed by atoms with Crippen molar-refractivity contribution in [3.8, 4) is 0 Å². The van der Waals surface area contributed by atoms with Crippen LogP contribution < -0.4 is 0 Å². The lowest BCUT2D eigenvalue weighted by atomic mass is 10.2. The van der Waals surface area contributed by atoms with Crippen LogP contribution >= 0.6 is 0 Å². The fourth-order valence-electron chi connectivity index (χ4n) is 2.29. The van der Waals surface area contributed by atoms with Crippen molar-refractivity contribution in [1.82, 2.24) is 9.91 Å². The molecule has 0 aromatic heterocycles. The topological polar surface area (TPSA) is 83.8 Å². The van der Waals surface area contributed by atoms with Gasteiger partial charge >= 0.3 is 12.1 Å². The molecule has 142 valence electrons. The zero-order chi connectivity index (χ0) is 19.2. The summed E-state index contributed by atoms with van der Waals surface area (Å²) in [7, 11) is 0. The molecular formula is C18H26N4O4. The summed E-state index contributed by atoms with van der Waals surface area (Å²) in [5.74, 6) is -0.353. The molecule has 1 aliphatic heterocycles. The van der Waals surface area contributed by atoms with Gasteiger partial charge in [0.05, 0.1) is 30.9 Å². The lowest BCUT2D eigenvalue weighted by molar-refractivity contribution is 0.0140. The first-order valence-electron chi connectivity index (χ1n) is 8.70. The fourth-order valence-corrected chi connectivity index (χ4v) is 2.29. The molecule has 26 heavy (non-hydrogen) atoms. The molecule has 0 atom stereocenters. The van der Waals surface area contributed by atoms with Gasteiger partial charge in [-0.3, -0.25) is 5.01 Å². The fraction of sp³-hybridized carbons (Fsp3) is 0.556. The van der Waals surface area contributed by atoms with Gasteiger partial charge in [-0.25, -0.2) is 9.59 Å². The van der Waals surface area contributed by atoms with Crippen LogP contribution in [0.2, 0.25) is 0 Å². The summed E-state index contributed by atoms with van der Waals surface area (Å²) in [6.07, 6.45) is -0.302. The number of ether oxygens (including phenoxy) is 2. The molecule has 1 aromatic carbocycles. The summed E-state index contributed by atoms with van der Waals surface area (Å²) in [6, 6.07) is 6.75. The second kappa shape index (κ2) is 8.64. The van der Waals surface area contributed by atoms with Crippen LogP contribution in [-0.4, -0.2) is 60.4 Å². The number of benzene rings is 1. The molecular weight excluding hydrogens is 336 g/mol. The maximum atomic E-state index is 12.0. The van der Waals surface area contributed by atoms with Crippen molar-refractivity contribution in [3.05, 3.63) is 29.8 Å². The van der Waals surface area contributed by atoms with E-state index < -0.39 is 5.60 Å². The van der Waals surface area contributed by atoms with E-state index in [0.717, 1.165) is 0 Å². The molecule has 2 rings (SSSR count). The summed E-state index contributed by atoms with van der Waals surface area (Å²) in [5, 5.41) is 10.2. The minimum atomic E-state index is -0.496. The first-order valence-corrected chi connectivity index (χ1v) is 8.70. The second-order valence-corrected chi connectivity index (χ2v) is 6.88. The molecule has 1 aliphatic rings. The Morgan fingerprint density at radius 3 is 2.23 bits per heavy atom. The Morgan fingerprint density at radius 2 is 1.69 bits per heavy atom. The number of carbonyl (C=O) groups excluding carboxylic acids is 2. The predicted molar refractivity (Wildman–Crippen MR) is 96.3 cm³/mol. The SMILES string of the molecule is CCOC(=O)c1ccc(N=NN2CCN(C(=O)OC(C)(C)C)CC2)cc1. The molecule has 0 unspecified atom stereocenters. The van der Waals surface area contributed by atoms with Crippen LogP contribution in [0.15, 0.2) is 34.6 Å². The summed E-state index contributed by atoms with van der Waals surface area (Å²) < 4.78 is 10.3. The van der Waals surface area contributed by atoms with Crippen LogP contribution in [0.25, 0.3) is 0 Å². The largest absolute Gasteiger partial charge is 0.462 e. The highest BCUT2D eigenvalue weighted by atomic mass is 16.6. The number of rotatable bonds is 4. The standard InChI is InChI=1S/C18H26N4O4/c1-5-25-16(23)14-6-8-15(9-7-14)19-20-22-12-10-21(11-13-22)17(24)26-18(2,3)4/h6-9H,5,10-13H2,1-4H3. The van der Waals surface area contributed by atoms with Crippen molar-refractivity contribution >= 4 is 17.7 Å². The van der Waals surface area contributed by atoms with E-state index in [-0.39, 0.29) is 12.1 Å². The Hall–Kier alpha value is -2.64. The van der Waals surface area contributed by atoms with Gasteiger partial charge in [0.15, 0.2) is 0 Å². The van der Waals surface area contributed by atoms with Crippen molar-refractivity contribution in [2.24, 2.45) is 10.3 Å². The lowest BCUT2D eigenvalue weighted by Crippen LogP contribution is -2.48. The summed E-state index contributed by atoms with van der Waals surface area (Å²) in [5.41, 5.74) is 0.633. The van der Waals surface area contributed by atoms with E-state index in [0.29, 0.717) is 44.0 Å². The maximum Gasteiger partial charge on any atom is 0.410 e. The molecule has 1 saturated heterocycles. The van der Waals surface area contributed by atoms with Crippen molar-refractivity contribution in [2.45, 2.75) is 33.3 Å². The Balaban J connectivity index is 1.83. The average Bonchev–Trinajstić information content (AvgIpc) is 2.59. The van der Waals surface area contributed by atoms with Gasteiger partial charge in [0.1, 0.15) is 5.60 Å². The number of amides is 1. The second-order valence-electron chi connectivity index (χ2n) is 6.88. The Kier molecular flexibility index (Phi) is 6.54. The third-order valence-corrected chi connectivity index (χ3v) is 3.57. The van der Waals surface area contributed by atoms with E-state index in [1.807, 2.05) is 20.8 Å². The number of hydrogen-bond donors (Lipinski definition) is 0. The lowest BCUT2D eigenvalue weighted by Gasteiger charge is -2.33. The molecule has 1 aromatic rings. The smallest absolute Gasteiger partial charge is 0.410 e. The van der Waals surface area contributed by atoms with Crippen LogP contribution in [0.4, 0.5) is 10.5 Å². The first-order chi connectivity index (χ1) is 12.3. The highest BCUT2D eigenvalue weighted by Gasteiger charge is 2.25. The zero-order valence-corrected chi connectivity index (χ0v) is 15.8. The maximum absolute atomic E-state index is 12.0. The average molecular weight is 362 g/mol. The van der Waals surface area contributed by atoms with E-state index >= 15 is 0 Å². The molecule has 1 amide bonds. The van der Waals surface area contributed by atoms with Crippen molar-refractivity contribution < 1.29 is 19.1 Å². The molecule has 0 bridgehead atoms. The van der Waals surface area contributed by atoms with Gasteiger partial charge in [-0.1, -0.05) is 5.22 Å². The van der Waals surface area contributed by atoms with Gasteiger partial charge in [-0.15, -0.1) is 5.11 Å². The minimum absolute atomic E-state index is 0.302. The number of esters is 1. The minimum Gasteiger partial charge on any atom is -0.462 e. The molecule has 0 spiro atoms. The van der Waals surface area contributed by atoms with Crippen molar-refractivity contribution in [2.75, 3.05) is 32.8 Å². The summed E-state index contributed by atoms with van der Waals surface area (Å²) >= 11 is 0. The highest BCUT2D eigenvalue weighted by molar-refractivity contribution is 5.89. The van der Waals surface area contributed by atoms with E-state index in [1.165, 1.54) is 0 Å². The summed E-state index contributed by atoms with van der Waals surface area (Å²) in [6.45, 7) is 9.91. The third-order valence-electron chi connectivity index (χ3n) is 3.57. The van der Waals surface area contributed by atoms with E-state index in [1.54, 1.807) is 41.1 Å². The normalized spacial score (nSPS) is 15.2. The van der Waals surface area contributed by atoms with Gasteiger partial charge in [0, 0.05) is 13.1 Å². The monoisotopic (exact) mass is 362 g/mol. The van der Waals surface area contributed by atoms with Crippen LogP contribution in [0, 0.1) is 0 Å². The van der Waals surface area contributed by atoms with Crippen LogP contribution in [0.1, 0.15) is 38.1 Å². The van der Waals surface area contributed by atoms with Crippen LogP contribution in [-0.2, 0) is 9.47 Å². The van der Waals surface area contributed by atoms with Crippen LogP contribution in [0.5, 0.6) is 0 Å². The predicted octanol–water partition coefficient (Wildman–Crippen LogP) is 3.41. The first kappa shape index (κ1) is 19.7. The molecule has 1 fully saturated rings. The van der Waals surface area contributed by atoms with E-state index in [9.17, 15) is 9.59 Å². The molecule has 8 nitrogen and oxygen atoms in total. The summed E-state index contributed by atoms with van der Waals surface area (Å²) in [4.78, 5) is 25.3. The molecule has 1 heterocycles. The van der Waals surface area contributed by atoms with E-state index in [4.69, 9.17) is 9.47 Å². The Bertz CT molecular complexity index is 644. The molecule has 0 aliphatic carbocycles. The van der Waals surface area contributed by atoms with Gasteiger partial charge in [0.2, 0.25) is 0 Å². The van der Waals surface area contributed by atoms with Gasteiger partial charge in [0.25, 0.3) is 0 Å². The van der Waals surface area contributed by atoms with Gasteiger partial charge in [-0.05, 0) is 52.0 Å². The number of piperazine rings is 1. The van der Waals surface area contributed by atoms with Crippen LogP contribution in [0.3, 0.4) is 0 Å². The molecule has 0 N–H and O–H groups in total. The number of hydrogen-bond acceptors (Lipinski definition) is 6. The highest BCUT2D eigenvalue weighted by Crippen LogP contribution is 2.16. The van der Waals surface area contributed by atoms with Crippen molar-refractivity contribution in [3.63, 3.8) is 0 Å².